The summed E-state index contributed by atoms with van der Waals surface area (Å²) in [5.41, 5.74) is 2.42. The summed E-state index contributed by atoms with van der Waals surface area (Å²) in [7, 11) is 1.66. The maximum atomic E-state index is 9.54. The van der Waals surface area contributed by atoms with Crippen LogP contribution in [-0.4, -0.2) is 38.4 Å². The van der Waals surface area contributed by atoms with Crippen LogP contribution < -0.4 is 5.32 Å². The predicted octanol–water partition coefficient (Wildman–Crippen LogP) is 2.70. The summed E-state index contributed by atoms with van der Waals surface area (Å²) in [5.74, 6) is 1.19. The maximum absolute atomic E-state index is 9.54. The number of nitrogens with zero attached hydrogens (tertiary/aromatic N) is 4. The van der Waals surface area contributed by atoms with Gasteiger partial charge in [-0.2, -0.15) is 0 Å². The zero-order chi connectivity index (χ0) is 19.5. The summed E-state index contributed by atoms with van der Waals surface area (Å²) in [6, 6.07) is 12.2. The van der Waals surface area contributed by atoms with Crippen LogP contribution in [0.15, 0.2) is 47.1 Å². The summed E-state index contributed by atoms with van der Waals surface area (Å²) < 4.78 is 12.9. The van der Waals surface area contributed by atoms with Crippen LogP contribution in [0.2, 0.25) is 0 Å². The zero-order valence-electron chi connectivity index (χ0n) is 16.0. The highest BCUT2D eigenvalue weighted by molar-refractivity contribution is 5.58. The highest BCUT2D eigenvalue weighted by Crippen LogP contribution is 2.32. The van der Waals surface area contributed by atoms with Crippen molar-refractivity contribution in [1.29, 1.82) is 0 Å². The smallest absolute Gasteiger partial charge is 0.180 e. The van der Waals surface area contributed by atoms with Gasteiger partial charge >= 0.3 is 0 Å². The minimum Gasteiger partial charge on any atom is -0.387 e. The van der Waals surface area contributed by atoms with Gasteiger partial charge in [0, 0.05) is 31.3 Å². The van der Waals surface area contributed by atoms with Gasteiger partial charge in [0.15, 0.2) is 12.0 Å². The van der Waals surface area contributed by atoms with E-state index >= 15 is 0 Å². The number of benzene rings is 1. The number of ether oxygens (including phenoxy) is 1. The lowest BCUT2D eigenvalue weighted by Crippen LogP contribution is -2.44. The van der Waals surface area contributed by atoms with Crippen LogP contribution in [0.4, 0.5) is 0 Å². The second-order valence-corrected chi connectivity index (χ2v) is 7.34. The van der Waals surface area contributed by atoms with Crippen molar-refractivity contribution in [2.45, 2.75) is 44.7 Å². The zero-order valence-corrected chi connectivity index (χ0v) is 16.0. The molecule has 1 aliphatic rings. The molecule has 1 saturated carbocycles. The van der Waals surface area contributed by atoms with Gasteiger partial charge in [0.2, 0.25) is 0 Å². The van der Waals surface area contributed by atoms with Gasteiger partial charge in [0.25, 0.3) is 0 Å². The van der Waals surface area contributed by atoms with Gasteiger partial charge in [-0.05, 0) is 25.7 Å². The quantitative estimate of drug-likeness (QED) is 0.577. The van der Waals surface area contributed by atoms with Crippen molar-refractivity contribution in [2.24, 2.45) is 5.92 Å². The third-order valence-corrected chi connectivity index (χ3v) is 5.14. The van der Waals surface area contributed by atoms with Crippen LogP contribution in [0.25, 0.3) is 11.3 Å². The highest BCUT2D eigenvalue weighted by Gasteiger charge is 2.32. The summed E-state index contributed by atoms with van der Waals surface area (Å²) in [5, 5.41) is 25.2. The first kappa shape index (κ1) is 18.8. The molecule has 148 valence electrons. The molecule has 0 amide bonds. The molecule has 1 unspecified atom stereocenters. The van der Waals surface area contributed by atoms with Crippen molar-refractivity contribution in [1.82, 2.24) is 25.5 Å². The molecular formula is C20H25N5O3. The van der Waals surface area contributed by atoms with Gasteiger partial charge < -0.3 is 14.4 Å². The van der Waals surface area contributed by atoms with Crippen molar-refractivity contribution in [3.05, 3.63) is 54.0 Å². The maximum Gasteiger partial charge on any atom is 0.180 e. The molecule has 0 aliphatic heterocycles. The Labute approximate surface area is 163 Å². The Bertz CT molecular complexity index is 886. The Morgan fingerprint density at radius 2 is 2.11 bits per heavy atom. The van der Waals surface area contributed by atoms with E-state index in [1.54, 1.807) is 18.7 Å². The van der Waals surface area contributed by atoms with E-state index in [2.05, 4.69) is 20.8 Å². The summed E-state index contributed by atoms with van der Waals surface area (Å²) in [6.45, 7) is 2.49. The number of hydrogen-bond acceptors (Lipinski definition) is 7. The van der Waals surface area contributed by atoms with Crippen molar-refractivity contribution >= 4 is 0 Å². The number of aliphatic hydroxyl groups is 1. The lowest BCUT2D eigenvalue weighted by molar-refractivity contribution is 0.0193. The summed E-state index contributed by atoms with van der Waals surface area (Å²) in [4.78, 5) is 0. The first-order valence-electron chi connectivity index (χ1n) is 9.51. The Balaban J connectivity index is 1.30. The van der Waals surface area contributed by atoms with E-state index in [1.165, 1.54) is 0 Å². The molecule has 1 fully saturated rings. The molecule has 3 aromatic rings. The van der Waals surface area contributed by atoms with E-state index in [0.717, 1.165) is 30.6 Å². The topological polar surface area (TPSA) is 98.2 Å². The Morgan fingerprint density at radius 1 is 1.32 bits per heavy atom. The molecule has 2 aromatic heterocycles. The van der Waals surface area contributed by atoms with Gasteiger partial charge in [0.1, 0.15) is 11.4 Å². The van der Waals surface area contributed by atoms with E-state index in [1.807, 2.05) is 42.6 Å². The van der Waals surface area contributed by atoms with Crippen LogP contribution >= 0.6 is 0 Å². The third-order valence-electron chi connectivity index (χ3n) is 5.14. The van der Waals surface area contributed by atoms with Crippen molar-refractivity contribution in [3.63, 3.8) is 0 Å². The Kier molecular flexibility index (Phi) is 5.52. The minimum atomic E-state index is -0.588. The van der Waals surface area contributed by atoms with Crippen LogP contribution in [-0.2, 0) is 11.3 Å². The van der Waals surface area contributed by atoms with Crippen molar-refractivity contribution in [3.8, 4) is 11.3 Å². The molecule has 4 rings (SSSR count). The van der Waals surface area contributed by atoms with E-state index in [4.69, 9.17) is 9.26 Å². The van der Waals surface area contributed by atoms with Crippen molar-refractivity contribution < 1.29 is 14.4 Å². The molecule has 8 nitrogen and oxygen atoms in total. The first-order chi connectivity index (χ1) is 13.6. The van der Waals surface area contributed by atoms with E-state index in [0.29, 0.717) is 23.4 Å². The molecule has 2 heterocycles. The SMILES string of the molecule is COC(NC1CC(Cn2cc([C@@H](C)O)nn2)C1)c1cc(-c2ccccc2)no1. The van der Waals surface area contributed by atoms with Gasteiger partial charge in [-0.1, -0.05) is 40.7 Å². The predicted molar refractivity (Wildman–Crippen MR) is 102 cm³/mol. The van der Waals surface area contributed by atoms with Crippen LogP contribution in [0.1, 0.15) is 43.6 Å². The molecule has 0 bridgehead atoms. The van der Waals surface area contributed by atoms with E-state index in [9.17, 15) is 5.11 Å². The average Bonchev–Trinajstić information content (AvgIpc) is 3.34. The summed E-state index contributed by atoms with van der Waals surface area (Å²) >= 11 is 0. The van der Waals surface area contributed by atoms with Gasteiger partial charge in [-0.25, -0.2) is 0 Å². The van der Waals surface area contributed by atoms with Crippen LogP contribution in [0.5, 0.6) is 0 Å². The number of methoxy groups -OCH3 is 1. The number of nitrogens with one attached hydrogen (secondary N) is 1. The summed E-state index contributed by atoms with van der Waals surface area (Å²) in [6.07, 6.45) is 2.93. The monoisotopic (exact) mass is 383 g/mol. The molecular weight excluding hydrogens is 358 g/mol. The molecule has 8 heteroatoms. The second-order valence-electron chi connectivity index (χ2n) is 7.34. The fraction of sp³-hybridized carbons (Fsp3) is 0.450. The normalized spacial score (nSPS) is 21.2. The highest BCUT2D eigenvalue weighted by atomic mass is 16.5. The number of aliphatic hydroxyl groups excluding tert-OH is 1. The van der Waals surface area contributed by atoms with E-state index < -0.39 is 6.10 Å². The molecule has 1 aromatic carbocycles. The van der Waals surface area contributed by atoms with E-state index in [-0.39, 0.29) is 6.23 Å². The minimum absolute atomic E-state index is 0.330. The molecule has 0 spiro atoms. The molecule has 28 heavy (non-hydrogen) atoms. The number of aromatic nitrogens is 4. The molecule has 1 aliphatic carbocycles. The number of rotatable bonds is 8. The lowest BCUT2D eigenvalue weighted by atomic mass is 9.80. The Morgan fingerprint density at radius 3 is 2.79 bits per heavy atom. The first-order valence-corrected chi connectivity index (χ1v) is 9.51. The average molecular weight is 383 g/mol. The van der Waals surface area contributed by atoms with Crippen LogP contribution in [0.3, 0.4) is 0 Å². The standard InChI is InChI=1S/C20H25N5O3/c1-13(26)18-12-25(24-22-18)11-14-8-16(9-14)21-20(27-2)19-10-17(23-28-19)15-6-4-3-5-7-15/h3-7,10,12-14,16,20-21,26H,8-9,11H2,1-2H3/t13-,14?,16?,20?/m1/s1. The second kappa shape index (κ2) is 8.22. The van der Waals surface area contributed by atoms with Gasteiger partial charge in [-0.3, -0.25) is 10.00 Å². The fourth-order valence-electron chi connectivity index (χ4n) is 3.52. The lowest BCUT2D eigenvalue weighted by Gasteiger charge is -2.37. The van der Waals surface area contributed by atoms with Gasteiger partial charge in [-0.15, -0.1) is 5.10 Å². The molecule has 0 saturated heterocycles. The molecule has 2 N–H and O–H groups in total. The van der Waals surface area contributed by atoms with Gasteiger partial charge in [0.05, 0.1) is 12.3 Å². The Hall–Kier alpha value is -2.55. The third kappa shape index (κ3) is 4.14. The van der Waals surface area contributed by atoms with Crippen LogP contribution in [0, 0.1) is 5.92 Å². The molecule has 0 radical (unpaired) electrons. The molecule has 2 atom stereocenters. The number of hydrogen-bond donors (Lipinski definition) is 2. The fourth-order valence-corrected chi connectivity index (χ4v) is 3.52. The largest absolute Gasteiger partial charge is 0.387 e. The van der Waals surface area contributed by atoms with Crippen molar-refractivity contribution in [2.75, 3.05) is 7.11 Å².